The minimum absolute atomic E-state index is 0.0316. The monoisotopic (exact) mass is 1090 g/mol. The van der Waals surface area contributed by atoms with Crippen molar-refractivity contribution >= 4 is 70.5 Å². The third-order valence-electron chi connectivity index (χ3n) is 12.1. The zero-order valence-electron chi connectivity index (χ0n) is 39.8. The van der Waals surface area contributed by atoms with E-state index in [1.807, 2.05) is 0 Å². The minimum atomic E-state index is -2.46. The van der Waals surface area contributed by atoms with Crippen LogP contribution in [-0.2, 0) is 52.1 Å². The topological polar surface area (TPSA) is 211 Å². The summed E-state index contributed by atoms with van der Waals surface area (Å²) in [5, 5.41) is 8.62. The van der Waals surface area contributed by atoms with Crippen LogP contribution in [0, 0.1) is 5.41 Å². The van der Waals surface area contributed by atoms with Gasteiger partial charge in [-0.2, -0.15) is 0 Å². The van der Waals surface area contributed by atoms with Crippen LogP contribution in [0.3, 0.4) is 0 Å². The van der Waals surface area contributed by atoms with Crippen LogP contribution in [0.4, 0.5) is 0 Å². The van der Waals surface area contributed by atoms with Crippen LogP contribution in [0.25, 0.3) is 0 Å². The first-order valence-electron chi connectivity index (χ1n) is 23.7. The van der Waals surface area contributed by atoms with Crippen molar-refractivity contribution in [3.05, 3.63) is 215 Å². The average molecular weight is 1100 g/mol. The molecule has 3 saturated heterocycles. The van der Waals surface area contributed by atoms with E-state index in [0.717, 1.165) is 0 Å². The molecule has 9 rings (SSSR count). The quantitative estimate of drug-likeness (QED) is 0.0334. The van der Waals surface area contributed by atoms with Crippen molar-refractivity contribution in [3.63, 3.8) is 0 Å². The lowest BCUT2D eigenvalue weighted by Crippen LogP contribution is -2.68. The highest BCUT2D eigenvalue weighted by atomic mass is 35.6. The summed E-state index contributed by atoms with van der Waals surface area (Å²) in [6.45, 7) is -0.923. The third kappa shape index (κ3) is 13.1. The van der Waals surface area contributed by atoms with Gasteiger partial charge in [0.25, 0.3) is 3.79 Å². The van der Waals surface area contributed by atoms with Crippen molar-refractivity contribution in [2.24, 2.45) is 0 Å². The molecule has 20 heteroatoms. The smallest absolute Gasteiger partial charge is 0.338 e. The van der Waals surface area contributed by atoms with Gasteiger partial charge in [-0.3, -0.25) is 5.41 Å². The number of hydrogen-bond acceptors (Lipinski definition) is 17. The van der Waals surface area contributed by atoms with Crippen LogP contribution < -0.4 is 0 Å². The number of nitrogens with one attached hydrogen (secondary N) is 1. The molecule has 0 aromatic heterocycles. The summed E-state index contributed by atoms with van der Waals surface area (Å²) in [4.78, 5) is 71.0. The van der Waals surface area contributed by atoms with Crippen LogP contribution >= 0.6 is 34.8 Å². The highest BCUT2D eigenvalue weighted by Gasteiger charge is 2.59. The van der Waals surface area contributed by atoms with E-state index in [2.05, 4.69) is 0 Å². The zero-order valence-corrected chi connectivity index (χ0v) is 42.0. The summed E-state index contributed by atoms with van der Waals surface area (Å²) in [7, 11) is 0. The van der Waals surface area contributed by atoms with E-state index < -0.39 is 114 Å². The molecule has 6 aromatic carbocycles. The first-order valence-corrected chi connectivity index (χ1v) is 24.8. The van der Waals surface area contributed by atoms with E-state index in [1.54, 1.807) is 121 Å². The van der Waals surface area contributed by atoms with Gasteiger partial charge in [0.05, 0.1) is 34.4 Å². The largest absolute Gasteiger partial charge is 0.459 e. The number of rotatable bonds is 15. The number of hydrogen-bond donors (Lipinski definition) is 1. The molecule has 3 fully saturated rings. The molecule has 0 amide bonds. The van der Waals surface area contributed by atoms with Crippen molar-refractivity contribution in [3.8, 4) is 0 Å². The molecule has 0 bridgehead atoms. The number of carbonyl (C=O) groups is 5. The lowest BCUT2D eigenvalue weighted by molar-refractivity contribution is -0.385. The lowest BCUT2D eigenvalue weighted by atomic mass is 9.95. The number of ether oxygens (including phenoxy) is 11. The third-order valence-corrected chi connectivity index (χ3v) is 12.6. The number of alkyl halides is 3. The van der Waals surface area contributed by atoms with E-state index in [9.17, 15) is 24.0 Å². The van der Waals surface area contributed by atoms with Crippen LogP contribution in [0.5, 0.6) is 0 Å². The highest BCUT2D eigenvalue weighted by Crippen LogP contribution is 2.41. The second-order valence-electron chi connectivity index (χ2n) is 17.2. The van der Waals surface area contributed by atoms with Gasteiger partial charge >= 0.3 is 29.8 Å². The molecule has 0 aliphatic carbocycles. The molecular formula is C56H46Cl3NO16. The maximum Gasteiger partial charge on any atom is 0.338 e. The fraction of sp³-hybridized carbons (Fsp3) is 0.250. The molecule has 0 spiro atoms. The standard InChI is InChI=1S/C56H46Cl3NO16/c57-56(58,59)55(60)76-54-46(73-51(65)37-27-15-5-16-28-37)44(42-40(69-54)32-67-52(74-42)38-29-17-6-18-30-38)75-53-45(72-50(64)36-25-13-4-14-26-36)43(71-49(63)35-23-11-3-12-24-35)41(70-48(62)34-21-9-2-10-22-34)39(68-53)31-66-47(61)33-19-7-1-8-20-33/h1-30,39-46,52-54,60H,31-32H2/t39-,40-,41-,42-,43+,44+,45-,46-,52-,53+,54-/m1/s1. The van der Waals surface area contributed by atoms with Gasteiger partial charge in [-0.15, -0.1) is 0 Å². The maximum absolute atomic E-state index is 14.5. The first kappa shape index (κ1) is 53.6. The Bertz CT molecular complexity index is 2940. The van der Waals surface area contributed by atoms with E-state index in [-0.39, 0.29) is 34.4 Å². The Morgan fingerprint density at radius 3 is 1.30 bits per heavy atom. The minimum Gasteiger partial charge on any atom is -0.459 e. The number of esters is 5. The van der Waals surface area contributed by atoms with Crippen molar-refractivity contribution in [2.45, 2.75) is 71.5 Å². The summed E-state index contributed by atoms with van der Waals surface area (Å²) >= 11 is 18.4. The summed E-state index contributed by atoms with van der Waals surface area (Å²) in [6, 6.07) is 48.1. The van der Waals surface area contributed by atoms with Crippen molar-refractivity contribution < 1.29 is 76.1 Å². The molecule has 3 heterocycles. The van der Waals surface area contributed by atoms with Crippen LogP contribution in [0.15, 0.2) is 182 Å². The average Bonchev–Trinajstić information content (AvgIpc) is 3.50. The van der Waals surface area contributed by atoms with Crippen molar-refractivity contribution in [2.75, 3.05) is 13.2 Å². The predicted molar refractivity (Wildman–Crippen MR) is 271 cm³/mol. The van der Waals surface area contributed by atoms with Gasteiger partial charge in [-0.1, -0.05) is 156 Å². The molecule has 0 saturated carbocycles. The van der Waals surface area contributed by atoms with Crippen LogP contribution in [0.1, 0.15) is 63.6 Å². The number of fused-ring (bicyclic) bond motifs is 1. The van der Waals surface area contributed by atoms with Gasteiger partial charge < -0.3 is 52.1 Å². The zero-order chi connectivity index (χ0) is 53.2. The Labute approximate surface area is 450 Å². The van der Waals surface area contributed by atoms with Gasteiger partial charge in [0.2, 0.25) is 12.2 Å². The van der Waals surface area contributed by atoms with E-state index in [1.165, 1.54) is 60.7 Å². The van der Waals surface area contributed by atoms with Crippen molar-refractivity contribution in [1.29, 1.82) is 5.41 Å². The maximum atomic E-state index is 14.5. The lowest BCUT2D eigenvalue weighted by Gasteiger charge is -2.51. The molecular weight excluding hydrogens is 1050 g/mol. The number of halogens is 3. The molecule has 3 aliphatic heterocycles. The second-order valence-corrected chi connectivity index (χ2v) is 19.5. The summed E-state index contributed by atoms with van der Waals surface area (Å²) < 4.78 is 67.2. The van der Waals surface area contributed by atoms with Crippen LogP contribution in [-0.4, -0.2) is 114 Å². The van der Waals surface area contributed by atoms with Gasteiger partial charge in [0.15, 0.2) is 37.0 Å². The Balaban J connectivity index is 1.19. The van der Waals surface area contributed by atoms with Crippen LogP contribution in [0.2, 0.25) is 0 Å². The number of carbonyl (C=O) groups excluding carboxylic acids is 5. The van der Waals surface area contributed by atoms with Gasteiger partial charge in [0.1, 0.15) is 31.0 Å². The molecule has 1 N–H and O–H groups in total. The Kier molecular flexibility index (Phi) is 17.4. The molecule has 76 heavy (non-hydrogen) atoms. The van der Waals surface area contributed by atoms with Crippen molar-refractivity contribution in [1.82, 2.24) is 0 Å². The summed E-state index contributed by atoms with van der Waals surface area (Å²) in [5.74, 6) is -5.57. The van der Waals surface area contributed by atoms with E-state index in [0.29, 0.717) is 5.56 Å². The highest BCUT2D eigenvalue weighted by molar-refractivity contribution is 6.76. The Hall–Kier alpha value is -7.19. The SMILES string of the molecule is N=C(O[C@H]1O[C@@H]2CO[C@@H](c3ccccc3)O[C@H]2[C@H](O[C@@H]2O[C@H](COC(=O)c3ccccc3)[C@@H](OC(=O)c3ccccc3)[C@H](OC(=O)c3ccccc3)[C@H]2OC(=O)c2ccccc2)[C@H]1OC(=O)c1ccccc1)C(Cl)(Cl)Cl. The molecule has 17 nitrogen and oxygen atoms in total. The number of benzene rings is 6. The molecule has 3 aliphatic rings. The first-order chi connectivity index (χ1) is 36.8. The molecule has 0 unspecified atom stereocenters. The van der Waals surface area contributed by atoms with Gasteiger partial charge in [0, 0.05) is 5.56 Å². The molecule has 0 radical (unpaired) electrons. The normalized spacial score (nSPS) is 25.1. The van der Waals surface area contributed by atoms with Gasteiger partial charge in [-0.25, -0.2) is 24.0 Å². The van der Waals surface area contributed by atoms with E-state index in [4.69, 9.17) is 92.3 Å². The Morgan fingerprint density at radius 1 is 0.461 bits per heavy atom. The van der Waals surface area contributed by atoms with Gasteiger partial charge in [-0.05, 0) is 60.7 Å². The Morgan fingerprint density at radius 2 is 0.855 bits per heavy atom. The van der Waals surface area contributed by atoms with E-state index >= 15 is 0 Å². The summed E-state index contributed by atoms with van der Waals surface area (Å²) in [6.07, 6.45) is -18.0. The molecule has 6 aromatic rings. The predicted octanol–water partition coefficient (Wildman–Crippen LogP) is 9.06. The molecule has 11 atom stereocenters. The fourth-order valence-corrected chi connectivity index (χ4v) is 8.58. The fourth-order valence-electron chi connectivity index (χ4n) is 8.44. The second kappa shape index (κ2) is 24.7. The summed E-state index contributed by atoms with van der Waals surface area (Å²) in [5.41, 5.74) is 0.919. The molecule has 392 valence electrons.